The second-order valence-electron chi connectivity index (χ2n) is 2.92. The van der Waals surface area contributed by atoms with E-state index in [-0.39, 0.29) is 16.5 Å². The maximum atomic E-state index is 12.6. The number of amidine groups is 1. The lowest BCUT2D eigenvalue weighted by molar-refractivity contribution is -0.137. The van der Waals surface area contributed by atoms with Gasteiger partial charge in [0, 0.05) is 5.02 Å². The van der Waals surface area contributed by atoms with Gasteiger partial charge in [-0.15, -0.1) is 0 Å². The lowest BCUT2D eigenvalue weighted by atomic mass is 10.2. The fourth-order valence-electron chi connectivity index (χ4n) is 1.02. The number of halogens is 4. The molecular formula is C9H8ClF3N2O. The molecule has 0 radical (unpaired) electrons. The van der Waals surface area contributed by atoms with Gasteiger partial charge in [0.05, 0.1) is 11.3 Å². The van der Waals surface area contributed by atoms with Gasteiger partial charge >= 0.3 is 6.18 Å². The molecule has 0 bridgehead atoms. The molecule has 1 rings (SSSR count). The molecule has 88 valence electrons. The Morgan fingerprint density at radius 2 is 2.06 bits per heavy atom. The number of alkyl halides is 3. The molecule has 0 fully saturated rings. The molecule has 16 heavy (non-hydrogen) atoms. The first-order chi connectivity index (χ1) is 7.34. The Morgan fingerprint density at radius 1 is 1.44 bits per heavy atom. The van der Waals surface area contributed by atoms with Crippen molar-refractivity contribution in [1.29, 1.82) is 0 Å². The molecule has 3 nitrogen and oxygen atoms in total. The zero-order valence-electron chi connectivity index (χ0n) is 7.92. The first-order valence-corrected chi connectivity index (χ1v) is 4.53. The van der Waals surface area contributed by atoms with E-state index in [1.54, 1.807) is 0 Å². The van der Waals surface area contributed by atoms with Crippen molar-refractivity contribution in [3.63, 3.8) is 0 Å². The van der Waals surface area contributed by atoms with Crippen LogP contribution in [0.2, 0.25) is 5.02 Å². The summed E-state index contributed by atoms with van der Waals surface area (Å²) in [4.78, 5) is 3.45. The fourth-order valence-corrected chi connectivity index (χ4v) is 1.19. The minimum Gasteiger partial charge on any atom is -0.388 e. The van der Waals surface area contributed by atoms with Crippen molar-refractivity contribution in [3.8, 4) is 0 Å². The van der Waals surface area contributed by atoms with Crippen LogP contribution in [-0.2, 0) is 6.18 Å². The molecule has 0 amide bonds. The molecule has 0 spiro atoms. The normalized spacial score (nSPS) is 12.9. The highest BCUT2D eigenvalue weighted by Crippen LogP contribution is 2.37. The molecule has 0 saturated heterocycles. The molecule has 0 aliphatic rings. The summed E-state index contributed by atoms with van der Waals surface area (Å²) < 4.78 is 37.7. The smallest absolute Gasteiger partial charge is 0.388 e. The van der Waals surface area contributed by atoms with Crippen LogP contribution in [0.1, 0.15) is 5.56 Å². The number of hydrogen-bond donors (Lipinski definition) is 2. The van der Waals surface area contributed by atoms with Crippen molar-refractivity contribution >= 4 is 23.1 Å². The van der Waals surface area contributed by atoms with Crippen LogP contribution < -0.4 is 5.73 Å². The largest absolute Gasteiger partial charge is 0.418 e. The van der Waals surface area contributed by atoms with Gasteiger partial charge in [-0.1, -0.05) is 11.6 Å². The molecule has 0 aliphatic heterocycles. The number of aliphatic hydroxyl groups excluding tert-OH is 1. The van der Waals surface area contributed by atoms with Gasteiger partial charge in [0.1, 0.15) is 12.4 Å². The van der Waals surface area contributed by atoms with Crippen LogP contribution in [0.25, 0.3) is 0 Å². The van der Waals surface area contributed by atoms with E-state index in [0.29, 0.717) is 0 Å². The fraction of sp³-hybridized carbons (Fsp3) is 0.222. The number of aliphatic hydroxyl groups is 1. The Kier molecular flexibility index (Phi) is 3.77. The first-order valence-electron chi connectivity index (χ1n) is 4.15. The van der Waals surface area contributed by atoms with Gasteiger partial charge < -0.3 is 10.8 Å². The Morgan fingerprint density at radius 3 is 2.56 bits per heavy atom. The highest BCUT2D eigenvalue weighted by atomic mass is 35.5. The van der Waals surface area contributed by atoms with Crippen molar-refractivity contribution in [2.24, 2.45) is 10.7 Å². The van der Waals surface area contributed by atoms with Crippen LogP contribution in [0, 0.1) is 0 Å². The van der Waals surface area contributed by atoms with Gasteiger partial charge in [-0.05, 0) is 18.2 Å². The number of benzene rings is 1. The number of aliphatic imine (C=N–C) groups is 1. The van der Waals surface area contributed by atoms with Gasteiger partial charge in [0.15, 0.2) is 0 Å². The molecule has 0 saturated carbocycles. The van der Waals surface area contributed by atoms with Crippen molar-refractivity contribution in [1.82, 2.24) is 0 Å². The average molecular weight is 253 g/mol. The topological polar surface area (TPSA) is 58.6 Å². The van der Waals surface area contributed by atoms with Crippen molar-refractivity contribution < 1.29 is 18.3 Å². The Bertz CT molecular complexity index is 418. The molecule has 1 aromatic rings. The summed E-state index contributed by atoms with van der Waals surface area (Å²) in [5.41, 5.74) is 3.79. The van der Waals surface area contributed by atoms with Gasteiger partial charge in [-0.2, -0.15) is 13.2 Å². The van der Waals surface area contributed by atoms with E-state index in [1.807, 2.05) is 0 Å². The van der Waals surface area contributed by atoms with Gasteiger partial charge in [-0.3, -0.25) is 0 Å². The number of rotatable bonds is 2. The van der Waals surface area contributed by atoms with E-state index < -0.39 is 18.3 Å². The van der Waals surface area contributed by atoms with Gasteiger partial charge in [-0.25, -0.2) is 4.99 Å². The van der Waals surface area contributed by atoms with Crippen LogP contribution in [0.5, 0.6) is 0 Å². The molecule has 0 aromatic heterocycles. The number of nitrogens with zero attached hydrogens (tertiary/aromatic N) is 1. The van der Waals surface area contributed by atoms with E-state index in [9.17, 15) is 13.2 Å². The predicted octanol–water partition coefficient (Wildman–Crippen LogP) is 2.34. The Balaban J connectivity index is 3.29. The SMILES string of the molecule is NC(CO)=Nc1ccc(Cl)cc1C(F)(F)F. The molecule has 0 aliphatic carbocycles. The summed E-state index contributed by atoms with van der Waals surface area (Å²) in [7, 11) is 0. The molecule has 3 N–H and O–H groups in total. The summed E-state index contributed by atoms with van der Waals surface area (Å²) >= 11 is 5.46. The zero-order chi connectivity index (χ0) is 12.3. The number of hydrogen-bond acceptors (Lipinski definition) is 2. The van der Waals surface area contributed by atoms with Crippen LogP contribution in [0.3, 0.4) is 0 Å². The Hall–Kier alpha value is -1.27. The first kappa shape index (κ1) is 12.8. The standard InChI is InChI=1S/C9H8ClF3N2O/c10-5-1-2-7(15-8(14)4-16)6(3-5)9(11,12)13/h1-3,16H,4H2,(H2,14,15). The van der Waals surface area contributed by atoms with Gasteiger partial charge in [0.2, 0.25) is 0 Å². The lowest BCUT2D eigenvalue weighted by Gasteiger charge is -2.10. The summed E-state index contributed by atoms with van der Waals surface area (Å²) in [5, 5.41) is 8.53. The van der Waals surface area contributed by atoms with Crippen LogP contribution in [0.4, 0.5) is 18.9 Å². The highest BCUT2D eigenvalue weighted by Gasteiger charge is 2.33. The molecular weight excluding hydrogens is 245 g/mol. The maximum Gasteiger partial charge on any atom is 0.418 e. The van der Waals surface area contributed by atoms with E-state index in [0.717, 1.165) is 12.1 Å². The summed E-state index contributed by atoms with van der Waals surface area (Å²) in [6, 6.07) is 3.11. The molecule has 0 unspecified atom stereocenters. The zero-order valence-corrected chi connectivity index (χ0v) is 8.68. The van der Waals surface area contributed by atoms with Crippen LogP contribution >= 0.6 is 11.6 Å². The van der Waals surface area contributed by atoms with Crippen LogP contribution in [0.15, 0.2) is 23.2 Å². The van der Waals surface area contributed by atoms with Crippen molar-refractivity contribution in [2.45, 2.75) is 6.18 Å². The average Bonchev–Trinajstić information content (AvgIpc) is 2.19. The molecule has 0 heterocycles. The molecule has 1 aromatic carbocycles. The minimum absolute atomic E-state index is 0.0474. The molecule has 7 heteroatoms. The van der Waals surface area contributed by atoms with E-state index in [2.05, 4.69) is 4.99 Å². The quantitative estimate of drug-likeness (QED) is 0.627. The number of nitrogens with two attached hydrogens (primary N) is 1. The van der Waals surface area contributed by atoms with Crippen molar-refractivity contribution in [3.05, 3.63) is 28.8 Å². The second-order valence-corrected chi connectivity index (χ2v) is 3.36. The third-order valence-corrected chi connectivity index (χ3v) is 1.93. The summed E-state index contributed by atoms with van der Waals surface area (Å²) in [6.45, 7) is -0.611. The molecule has 0 atom stereocenters. The van der Waals surface area contributed by atoms with Gasteiger partial charge in [0.25, 0.3) is 0 Å². The third kappa shape index (κ3) is 3.11. The third-order valence-electron chi connectivity index (χ3n) is 1.69. The van der Waals surface area contributed by atoms with Crippen molar-refractivity contribution in [2.75, 3.05) is 6.61 Å². The predicted molar refractivity (Wildman–Crippen MR) is 54.8 cm³/mol. The van der Waals surface area contributed by atoms with E-state index >= 15 is 0 Å². The van der Waals surface area contributed by atoms with E-state index in [1.165, 1.54) is 6.07 Å². The van der Waals surface area contributed by atoms with Crippen LogP contribution in [-0.4, -0.2) is 17.5 Å². The Labute approximate surface area is 94.4 Å². The monoisotopic (exact) mass is 252 g/mol. The highest BCUT2D eigenvalue weighted by molar-refractivity contribution is 6.30. The lowest BCUT2D eigenvalue weighted by Crippen LogP contribution is -2.16. The summed E-state index contributed by atoms with van der Waals surface area (Å²) in [5.74, 6) is -0.298. The van der Waals surface area contributed by atoms with E-state index in [4.69, 9.17) is 22.4 Å². The summed E-state index contributed by atoms with van der Waals surface area (Å²) in [6.07, 6.45) is -4.57. The minimum atomic E-state index is -4.57. The maximum absolute atomic E-state index is 12.6. The second kappa shape index (κ2) is 4.71.